The maximum absolute atomic E-state index is 10.2. The van der Waals surface area contributed by atoms with E-state index in [1.54, 1.807) is 6.08 Å². The van der Waals surface area contributed by atoms with E-state index in [0.717, 1.165) is 6.29 Å². The van der Waals surface area contributed by atoms with Crippen molar-refractivity contribution in [2.75, 3.05) is 0 Å². The molecule has 0 radical (unpaired) electrons. The second-order valence-electron chi connectivity index (χ2n) is 3.30. The third-order valence-electron chi connectivity index (χ3n) is 2.45. The van der Waals surface area contributed by atoms with E-state index in [2.05, 4.69) is 5.38 Å². The highest BCUT2D eigenvalue weighted by Crippen LogP contribution is 2.30. The van der Waals surface area contributed by atoms with E-state index in [-0.39, 0.29) is 0 Å². The Balaban J connectivity index is 2.31. The van der Waals surface area contributed by atoms with Gasteiger partial charge in [0.2, 0.25) is 0 Å². The molecule has 1 aliphatic rings. The molecular formula is C11H12OS. The van der Waals surface area contributed by atoms with Crippen molar-refractivity contribution in [2.45, 2.75) is 25.7 Å². The van der Waals surface area contributed by atoms with E-state index in [1.807, 2.05) is 17.4 Å². The molecule has 2 rings (SSSR count). The molecule has 0 saturated heterocycles. The minimum absolute atomic E-state index is 0.840. The van der Waals surface area contributed by atoms with Crippen LogP contribution in [0.5, 0.6) is 0 Å². The summed E-state index contributed by atoms with van der Waals surface area (Å²) >= 11 is 1.84. The summed E-state index contributed by atoms with van der Waals surface area (Å²) in [6.45, 7) is 0. The van der Waals surface area contributed by atoms with Crippen LogP contribution in [0.2, 0.25) is 0 Å². The van der Waals surface area contributed by atoms with Crippen LogP contribution in [0.4, 0.5) is 0 Å². The van der Waals surface area contributed by atoms with Gasteiger partial charge in [0.1, 0.15) is 6.29 Å². The topological polar surface area (TPSA) is 17.1 Å². The highest BCUT2D eigenvalue weighted by atomic mass is 32.1. The number of thiophene rings is 1. The van der Waals surface area contributed by atoms with Crippen molar-refractivity contribution in [3.8, 4) is 0 Å². The molecule has 1 aliphatic carbocycles. The van der Waals surface area contributed by atoms with Crippen molar-refractivity contribution in [3.63, 3.8) is 0 Å². The van der Waals surface area contributed by atoms with Crippen molar-refractivity contribution in [1.82, 2.24) is 0 Å². The van der Waals surface area contributed by atoms with Gasteiger partial charge in [0.25, 0.3) is 0 Å². The number of hydrogen-bond donors (Lipinski definition) is 0. The molecule has 0 saturated carbocycles. The highest BCUT2D eigenvalue weighted by Gasteiger charge is 2.13. The molecular weight excluding hydrogens is 180 g/mol. The van der Waals surface area contributed by atoms with E-state index < -0.39 is 0 Å². The Kier molecular flexibility index (Phi) is 2.60. The first-order chi connectivity index (χ1) is 6.42. The van der Waals surface area contributed by atoms with Crippen molar-refractivity contribution < 1.29 is 4.79 Å². The maximum Gasteiger partial charge on any atom is 0.142 e. The summed E-state index contributed by atoms with van der Waals surface area (Å²) < 4.78 is 0. The van der Waals surface area contributed by atoms with E-state index in [4.69, 9.17) is 0 Å². The number of fused-ring (bicyclic) bond motifs is 1. The molecule has 0 bridgehead atoms. The Morgan fingerprint density at radius 1 is 1.31 bits per heavy atom. The SMILES string of the molecule is O=C/C=C/c1csc2c1CCCC2. The summed E-state index contributed by atoms with van der Waals surface area (Å²) in [5.74, 6) is 0. The lowest BCUT2D eigenvalue weighted by atomic mass is 9.96. The Bertz CT molecular complexity index is 336. The van der Waals surface area contributed by atoms with E-state index >= 15 is 0 Å². The molecule has 0 aliphatic heterocycles. The lowest BCUT2D eigenvalue weighted by Gasteiger charge is -2.10. The molecule has 0 amide bonds. The summed E-state index contributed by atoms with van der Waals surface area (Å²) in [6.07, 6.45) is 9.39. The van der Waals surface area contributed by atoms with Crippen LogP contribution in [0.25, 0.3) is 6.08 Å². The summed E-state index contributed by atoms with van der Waals surface area (Å²) in [5, 5.41) is 2.16. The van der Waals surface area contributed by atoms with Gasteiger partial charge >= 0.3 is 0 Å². The summed E-state index contributed by atoms with van der Waals surface area (Å²) in [6, 6.07) is 0. The normalized spacial score (nSPS) is 16.0. The number of carbonyl (C=O) groups is 1. The standard InChI is InChI=1S/C11H12OS/c12-7-3-4-9-8-13-11-6-2-1-5-10(9)11/h3-4,7-8H,1-2,5-6H2/b4-3+. The number of aldehydes is 1. The fourth-order valence-corrected chi connectivity index (χ4v) is 2.92. The van der Waals surface area contributed by atoms with Crippen LogP contribution in [-0.4, -0.2) is 6.29 Å². The predicted octanol–water partition coefficient (Wildman–Crippen LogP) is 2.84. The highest BCUT2D eigenvalue weighted by molar-refractivity contribution is 7.10. The second kappa shape index (κ2) is 3.88. The van der Waals surface area contributed by atoms with Gasteiger partial charge in [-0.05, 0) is 48.3 Å². The fraction of sp³-hybridized carbons (Fsp3) is 0.364. The molecule has 1 aromatic heterocycles. The molecule has 0 N–H and O–H groups in total. The Labute approximate surface area is 82.1 Å². The third kappa shape index (κ3) is 1.73. The molecule has 2 heteroatoms. The average Bonchev–Trinajstić information content (AvgIpc) is 2.58. The average molecular weight is 192 g/mol. The monoisotopic (exact) mass is 192 g/mol. The van der Waals surface area contributed by atoms with Gasteiger partial charge in [0.05, 0.1) is 0 Å². The summed E-state index contributed by atoms with van der Waals surface area (Å²) in [5.41, 5.74) is 2.74. The number of hydrogen-bond acceptors (Lipinski definition) is 2. The zero-order valence-corrected chi connectivity index (χ0v) is 8.27. The number of aryl methyl sites for hydroxylation is 1. The van der Waals surface area contributed by atoms with E-state index in [0.29, 0.717) is 0 Å². The van der Waals surface area contributed by atoms with Gasteiger partial charge in [-0.15, -0.1) is 11.3 Å². The first kappa shape index (κ1) is 8.70. The van der Waals surface area contributed by atoms with Crippen LogP contribution in [0.15, 0.2) is 11.5 Å². The van der Waals surface area contributed by atoms with Crippen molar-refractivity contribution >= 4 is 23.7 Å². The molecule has 0 fully saturated rings. The summed E-state index contributed by atoms with van der Waals surface area (Å²) in [7, 11) is 0. The predicted molar refractivity (Wildman–Crippen MR) is 56.1 cm³/mol. The molecule has 0 aromatic carbocycles. The Morgan fingerprint density at radius 3 is 3.00 bits per heavy atom. The Morgan fingerprint density at radius 2 is 2.15 bits per heavy atom. The molecule has 0 unspecified atom stereocenters. The molecule has 1 heterocycles. The van der Waals surface area contributed by atoms with Gasteiger partial charge < -0.3 is 0 Å². The number of carbonyl (C=O) groups excluding carboxylic acids is 1. The first-order valence-corrected chi connectivity index (χ1v) is 5.51. The van der Waals surface area contributed by atoms with Crippen molar-refractivity contribution in [2.24, 2.45) is 0 Å². The van der Waals surface area contributed by atoms with Gasteiger partial charge in [0.15, 0.2) is 0 Å². The van der Waals surface area contributed by atoms with Gasteiger partial charge in [-0.2, -0.15) is 0 Å². The van der Waals surface area contributed by atoms with Crippen LogP contribution in [0.1, 0.15) is 28.8 Å². The molecule has 1 aromatic rings. The number of allylic oxidation sites excluding steroid dienone is 1. The summed E-state index contributed by atoms with van der Waals surface area (Å²) in [4.78, 5) is 11.7. The van der Waals surface area contributed by atoms with E-state index in [9.17, 15) is 4.79 Å². The minimum atomic E-state index is 0.840. The van der Waals surface area contributed by atoms with Crippen LogP contribution < -0.4 is 0 Å². The zero-order valence-electron chi connectivity index (χ0n) is 7.45. The zero-order chi connectivity index (χ0) is 9.10. The molecule has 1 nitrogen and oxygen atoms in total. The smallest absolute Gasteiger partial charge is 0.142 e. The van der Waals surface area contributed by atoms with Crippen molar-refractivity contribution in [3.05, 3.63) is 27.5 Å². The van der Waals surface area contributed by atoms with Crippen LogP contribution in [0.3, 0.4) is 0 Å². The Hall–Kier alpha value is -0.890. The van der Waals surface area contributed by atoms with Gasteiger partial charge in [-0.1, -0.05) is 6.08 Å². The quantitative estimate of drug-likeness (QED) is 0.520. The molecule has 0 spiro atoms. The minimum Gasteiger partial charge on any atom is -0.299 e. The number of rotatable bonds is 2. The molecule has 13 heavy (non-hydrogen) atoms. The van der Waals surface area contributed by atoms with Crippen molar-refractivity contribution in [1.29, 1.82) is 0 Å². The van der Waals surface area contributed by atoms with Crippen LogP contribution in [-0.2, 0) is 17.6 Å². The van der Waals surface area contributed by atoms with Gasteiger partial charge in [-0.3, -0.25) is 4.79 Å². The van der Waals surface area contributed by atoms with E-state index in [1.165, 1.54) is 41.7 Å². The second-order valence-corrected chi connectivity index (χ2v) is 4.26. The maximum atomic E-state index is 10.2. The third-order valence-corrected chi connectivity index (χ3v) is 3.55. The van der Waals surface area contributed by atoms with Crippen LogP contribution in [0, 0.1) is 0 Å². The molecule has 0 atom stereocenters. The van der Waals surface area contributed by atoms with Gasteiger partial charge in [0, 0.05) is 4.88 Å². The lowest BCUT2D eigenvalue weighted by Crippen LogP contribution is -1.98. The first-order valence-electron chi connectivity index (χ1n) is 4.63. The van der Waals surface area contributed by atoms with Gasteiger partial charge in [-0.25, -0.2) is 0 Å². The van der Waals surface area contributed by atoms with Crippen LogP contribution >= 0.6 is 11.3 Å². The largest absolute Gasteiger partial charge is 0.299 e. The lowest BCUT2D eigenvalue weighted by molar-refractivity contribution is -0.104. The fourth-order valence-electron chi connectivity index (χ4n) is 1.80. The molecule has 68 valence electrons.